The fraction of sp³-hybridized carbons (Fsp3) is 0.250. The van der Waals surface area contributed by atoms with E-state index < -0.39 is 0 Å². The molecule has 0 rings (SSSR count). The van der Waals surface area contributed by atoms with Crippen molar-refractivity contribution < 1.29 is 9.59 Å². The summed E-state index contributed by atoms with van der Waals surface area (Å²) in [6, 6.07) is 0. The van der Waals surface area contributed by atoms with Crippen LogP contribution in [0.2, 0.25) is 0 Å². The maximum atomic E-state index is 10.7. The van der Waals surface area contributed by atoms with E-state index in [0.29, 0.717) is 11.8 Å². The van der Waals surface area contributed by atoms with E-state index in [1.807, 2.05) is 0 Å². The van der Waals surface area contributed by atoms with Crippen LogP contribution in [0.4, 0.5) is 0 Å². The van der Waals surface area contributed by atoms with Gasteiger partial charge in [-0.2, -0.15) is 0 Å². The fourth-order valence-electron chi connectivity index (χ4n) is 0.439. The van der Waals surface area contributed by atoms with Crippen LogP contribution in [-0.4, -0.2) is 10.2 Å². The normalized spacial score (nSPS) is 11.1. The van der Waals surface area contributed by atoms with Crippen LogP contribution < -0.4 is 0 Å². The molecule has 0 aromatic carbocycles. The van der Waals surface area contributed by atoms with Crippen LogP contribution in [-0.2, 0) is 9.59 Å². The lowest BCUT2D eigenvalue weighted by molar-refractivity contribution is -0.109. The number of hydrogen-bond acceptors (Lipinski definition) is 3. The molecule has 0 bridgehead atoms. The zero-order valence-corrected chi connectivity index (χ0v) is 7.35. The van der Waals surface area contributed by atoms with Gasteiger partial charge in [0.1, 0.15) is 0 Å². The van der Waals surface area contributed by atoms with Gasteiger partial charge in [0.2, 0.25) is 10.2 Å². The number of allylic oxidation sites excluding steroid dienone is 2. The van der Waals surface area contributed by atoms with E-state index in [4.69, 9.17) is 0 Å². The smallest absolute Gasteiger partial charge is 0.219 e. The maximum Gasteiger partial charge on any atom is 0.219 e. The second kappa shape index (κ2) is 5.92. The molecule has 60 valence electrons. The van der Waals surface area contributed by atoms with Gasteiger partial charge in [0.15, 0.2) is 0 Å². The molecular formula is C8H10O2S. The summed E-state index contributed by atoms with van der Waals surface area (Å²) in [6.07, 6.45) is 5.95. The molecule has 0 aliphatic carbocycles. The molecule has 2 nitrogen and oxygen atoms in total. The highest BCUT2D eigenvalue weighted by molar-refractivity contribution is 8.26. The molecule has 0 amide bonds. The Morgan fingerprint density at radius 3 is 1.64 bits per heavy atom. The predicted molar refractivity (Wildman–Crippen MR) is 47.2 cm³/mol. The molecule has 3 heteroatoms. The van der Waals surface area contributed by atoms with Gasteiger partial charge in [0.05, 0.1) is 0 Å². The average Bonchev–Trinajstić information content (AvgIpc) is 1.87. The van der Waals surface area contributed by atoms with Crippen LogP contribution >= 0.6 is 11.8 Å². The van der Waals surface area contributed by atoms with E-state index in [1.54, 1.807) is 26.0 Å². The van der Waals surface area contributed by atoms with Gasteiger partial charge < -0.3 is 0 Å². The quantitative estimate of drug-likeness (QED) is 0.594. The summed E-state index contributed by atoms with van der Waals surface area (Å²) >= 11 is 0.697. The third-order valence-electron chi connectivity index (χ3n) is 0.807. The van der Waals surface area contributed by atoms with E-state index in [9.17, 15) is 9.59 Å². The predicted octanol–water partition coefficient (Wildman–Crippen LogP) is 1.93. The van der Waals surface area contributed by atoms with Gasteiger partial charge in [-0.3, -0.25) is 9.59 Å². The van der Waals surface area contributed by atoms with E-state index >= 15 is 0 Å². The van der Waals surface area contributed by atoms with Gasteiger partial charge in [-0.25, -0.2) is 0 Å². The molecule has 0 atom stereocenters. The first-order valence-corrected chi connectivity index (χ1v) is 4.03. The van der Waals surface area contributed by atoms with Crippen molar-refractivity contribution in [2.75, 3.05) is 0 Å². The molecule has 0 aromatic rings. The molecule has 0 N–H and O–H groups in total. The second-order valence-corrected chi connectivity index (χ2v) is 2.75. The minimum Gasteiger partial charge on any atom is -0.282 e. The van der Waals surface area contributed by atoms with Crippen molar-refractivity contribution in [3.63, 3.8) is 0 Å². The third kappa shape index (κ3) is 5.61. The highest BCUT2D eigenvalue weighted by Gasteiger charge is 2.02. The molecule has 0 aliphatic rings. The minimum atomic E-state index is -0.226. The fourth-order valence-corrected chi connectivity index (χ4v) is 1.05. The summed E-state index contributed by atoms with van der Waals surface area (Å²) in [6.45, 7) is 3.47. The summed E-state index contributed by atoms with van der Waals surface area (Å²) in [7, 11) is 0. The summed E-state index contributed by atoms with van der Waals surface area (Å²) < 4.78 is 0. The molecule has 11 heavy (non-hydrogen) atoms. The lowest BCUT2D eigenvalue weighted by Gasteiger charge is -1.86. The van der Waals surface area contributed by atoms with Crippen LogP contribution in [0.1, 0.15) is 13.8 Å². The highest BCUT2D eigenvalue weighted by Crippen LogP contribution is 2.05. The molecule has 0 spiro atoms. The molecule has 0 aromatic heterocycles. The van der Waals surface area contributed by atoms with E-state index in [0.717, 1.165) is 0 Å². The lowest BCUT2D eigenvalue weighted by Crippen LogP contribution is -1.91. The Labute approximate surface area is 70.4 Å². The van der Waals surface area contributed by atoms with Crippen LogP contribution in [0.15, 0.2) is 24.3 Å². The van der Waals surface area contributed by atoms with E-state index in [2.05, 4.69) is 0 Å². The lowest BCUT2D eigenvalue weighted by atomic mass is 10.6. The number of thioether (sulfide) groups is 1. The Bertz CT molecular complexity index is 182. The van der Waals surface area contributed by atoms with Crippen molar-refractivity contribution >= 4 is 22.0 Å². The van der Waals surface area contributed by atoms with Crippen molar-refractivity contribution in [3.8, 4) is 0 Å². The third-order valence-corrected chi connectivity index (χ3v) is 1.48. The number of carbonyl (C=O) groups excluding carboxylic acids is 2. The van der Waals surface area contributed by atoms with Crippen LogP contribution in [0.5, 0.6) is 0 Å². The van der Waals surface area contributed by atoms with Crippen molar-refractivity contribution in [2.24, 2.45) is 0 Å². The second-order valence-electron chi connectivity index (χ2n) is 1.74. The first-order chi connectivity index (χ1) is 5.20. The SMILES string of the molecule is C/C=C/C(=O)SC(=O)/C=C/C. The summed E-state index contributed by atoms with van der Waals surface area (Å²) in [4.78, 5) is 21.5. The van der Waals surface area contributed by atoms with E-state index in [-0.39, 0.29) is 10.2 Å². The number of carbonyl (C=O) groups is 2. The summed E-state index contributed by atoms with van der Waals surface area (Å²) in [5, 5.41) is -0.453. The van der Waals surface area contributed by atoms with Gasteiger partial charge >= 0.3 is 0 Å². The number of hydrogen-bond donors (Lipinski definition) is 0. The standard InChI is InChI=1S/C8H10O2S/c1-3-5-7(9)11-8(10)6-4-2/h3-6H,1-2H3/b5-3+,6-4+. The molecule has 0 aliphatic heterocycles. The Kier molecular flexibility index (Phi) is 5.47. The van der Waals surface area contributed by atoms with Crippen molar-refractivity contribution in [3.05, 3.63) is 24.3 Å². The first-order valence-electron chi connectivity index (χ1n) is 3.22. The first kappa shape index (κ1) is 10.2. The van der Waals surface area contributed by atoms with Crippen molar-refractivity contribution in [1.82, 2.24) is 0 Å². The van der Waals surface area contributed by atoms with Gasteiger partial charge in [-0.1, -0.05) is 12.2 Å². The van der Waals surface area contributed by atoms with Gasteiger partial charge in [-0.15, -0.1) is 0 Å². The molecule has 0 saturated carbocycles. The topological polar surface area (TPSA) is 34.1 Å². The van der Waals surface area contributed by atoms with Crippen LogP contribution in [0, 0.1) is 0 Å². The zero-order chi connectivity index (χ0) is 8.69. The largest absolute Gasteiger partial charge is 0.282 e. The molecule has 0 saturated heterocycles. The molecular weight excluding hydrogens is 160 g/mol. The maximum absolute atomic E-state index is 10.7. The Hall–Kier alpha value is -0.830. The minimum absolute atomic E-state index is 0.226. The monoisotopic (exact) mass is 170 g/mol. The van der Waals surface area contributed by atoms with Crippen LogP contribution in [0.25, 0.3) is 0 Å². The van der Waals surface area contributed by atoms with Crippen molar-refractivity contribution in [2.45, 2.75) is 13.8 Å². The Balaban J connectivity index is 3.85. The summed E-state index contributed by atoms with van der Waals surface area (Å²) in [5.74, 6) is 0. The van der Waals surface area contributed by atoms with Crippen LogP contribution in [0.3, 0.4) is 0 Å². The Morgan fingerprint density at radius 1 is 1.00 bits per heavy atom. The molecule has 0 radical (unpaired) electrons. The van der Waals surface area contributed by atoms with Gasteiger partial charge in [-0.05, 0) is 37.8 Å². The molecule has 0 heterocycles. The molecule has 0 unspecified atom stereocenters. The Morgan fingerprint density at radius 2 is 1.36 bits per heavy atom. The zero-order valence-electron chi connectivity index (χ0n) is 6.53. The molecule has 0 fully saturated rings. The van der Waals surface area contributed by atoms with E-state index in [1.165, 1.54) is 12.2 Å². The highest BCUT2D eigenvalue weighted by atomic mass is 32.2. The average molecular weight is 170 g/mol. The number of rotatable bonds is 2. The van der Waals surface area contributed by atoms with Crippen molar-refractivity contribution in [1.29, 1.82) is 0 Å². The summed E-state index contributed by atoms with van der Waals surface area (Å²) in [5.41, 5.74) is 0. The van der Waals surface area contributed by atoms with Gasteiger partial charge in [0.25, 0.3) is 0 Å². The van der Waals surface area contributed by atoms with Gasteiger partial charge in [0, 0.05) is 0 Å².